The van der Waals surface area contributed by atoms with Crippen LogP contribution in [0.4, 0.5) is 4.79 Å². The zero-order valence-corrected chi connectivity index (χ0v) is 16.9. The minimum atomic E-state index is -0.821. The van der Waals surface area contributed by atoms with Crippen molar-refractivity contribution in [3.8, 4) is 0 Å². The maximum absolute atomic E-state index is 13.0. The number of nitrogens with zero attached hydrogens (tertiary/aromatic N) is 1. The molecule has 0 aromatic carbocycles. The first kappa shape index (κ1) is 22.0. The van der Waals surface area contributed by atoms with Crippen LogP contribution >= 0.6 is 0 Å². The van der Waals surface area contributed by atoms with Gasteiger partial charge in [-0.2, -0.15) is 0 Å². The molecule has 1 rings (SSSR count). The van der Waals surface area contributed by atoms with E-state index < -0.39 is 35.6 Å². The van der Waals surface area contributed by atoms with Crippen molar-refractivity contribution in [2.75, 3.05) is 7.11 Å². The van der Waals surface area contributed by atoms with E-state index in [0.717, 1.165) is 0 Å². The number of carbonyl (C=O) groups is 3. The molecular weight excluding hydrogens is 336 g/mol. The molecule has 0 aromatic heterocycles. The van der Waals surface area contributed by atoms with Crippen LogP contribution < -0.4 is 5.32 Å². The molecule has 0 spiro atoms. The van der Waals surface area contributed by atoms with E-state index in [4.69, 9.17) is 9.47 Å². The van der Waals surface area contributed by atoms with Crippen molar-refractivity contribution in [1.82, 2.24) is 10.2 Å². The first-order chi connectivity index (χ1) is 12.0. The predicted molar refractivity (Wildman–Crippen MR) is 98.3 cm³/mol. The van der Waals surface area contributed by atoms with Gasteiger partial charge in [0.15, 0.2) is 0 Å². The van der Waals surface area contributed by atoms with Crippen LogP contribution in [-0.4, -0.2) is 47.6 Å². The Balaban J connectivity index is 2.98. The summed E-state index contributed by atoms with van der Waals surface area (Å²) in [6, 6.07) is -1.27. The smallest absolute Gasteiger partial charge is 0.408 e. The van der Waals surface area contributed by atoms with Crippen molar-refractivity contribution in [2.24, 2.45) is 5.92 Å². The van der Waals surface area contributed by atoms with Gasteiger partial charge >= 0.3 is 6.09 Å². The standard InChI is InChI=1S/C19H32N2O5/c1-8-9-13(20-18(24)26-19(4,5)6)17(23)21-14(10-12(2)3)15(25-7)11-16(21)22/h11-14H,8-10H2,1-7H3,(H,20,24)/t13-,14-/m0/s1. The summed E-state index contributed by atoms with van der Waals surface area (Å²) in [5, 5.41) is 2.61. The predicted octanol–water partition coefficient (Wildman–Crippen LogP) is 2.99. The Morgan fingerprint density at radius 3 is 2.38 bits per heavy atom. The molecule has 26 heavy (non-hydrogen) atoms. The van der Waals surface area contributed by atoms with Crippen LogP contribution in [0.1, 0.15) is 60.8 Å². The van der Waals surface area contributed by atoms with Gasteiger partial charge in [-0.15, -0.1) is 0 Å². The van der Waals surface area contributed by atoms with E-state index >= 15 is 0 Å². The molecule has 0 unspecified atom stereocenters. The third-order valence-electron chi connectivity index (χ3n) is 3.88. The van der Waals surface area contributed by atoms with Crippen LogP contribution in [0.3, 0.4) is 0 Å². The quantitative estimate of drug-likeness (QED) is 0.747. The summed E-state index contributed by atoms with van der Waals surface area (Å²) >= 11 is 0. The fraction of sp³-hybridized carbons (Fsp3) is 0.737. The van der Waals surface area contributed by atoms with E-state index in [0.29, 0.717) is 25.0 Å². The normalized spacial score (nSPS) is 18.6. The van der Waals surface area contributed by atoms with E-state index in [-0.39, 0.29) is 5.92 Å². The lowest BCUT2D eigenvalue weighted by molar-refractivity contribution is -0.145. The Kier molecular flexibility index (Phi) is 7.66. The lowest BCUT2D eigenvalue weighted by Crippen LogP contribution is -2.53. The molecule has 0 aromatic rings. The summed E-state index contributed by atoms with van der Waals surface area (Å²) in [4.78, 5) is 38.8. The van der Waals surface area contributed by atoms with Crippen LogP contribution in [-0.2, 0) is 19.1 Å². The van der Waals surface area contributed by atoms with E-state index in [9.17, 15) is 14.4 Å². The Hall–Kier alpha value is -2.05. The molecule has 1 N–H and O–H groups in total. The summed E-state index contributed by atoms with van der Waals surface area (Å²) in [5.74, 6) is -0.103. The van der Waals surface area contributed by atoms with Crippen molar-refractivity contribution in [3.05, 3.63) is 11.8 Å². The van der Waals surface area contributed by atoms with E-state index in [1.807, 2.05) is 20.8 Å². The monoisotopic (exact) mass is 368 g/mol. The van der Waals surface area contributed by atoms with Gasteiger partial charge in [-0.25, -0.2) is 4.79 Å². The second kappa shape index (κ2) is 9.05. The van der Waals surface area contributed by atoms with Gasteiger partial charge in [0.1, 0.15) is 17.4 Å². The maximum atomic E-state index is 13.0. The highest BCUT2D eigenvalue weighted by Gasteiger charge is 2.41. The third kappa shape index (κ3) is 6.04. The molecule has 3 amide bonds. The number of imide groups is 1. The molecule has 2 atom stereocenters. The Labute approximate surface area is 156 Å². The number of methoxy groups -OCH3 is 1. The summed E-state index contributed by atoms with van der Waals surface area (Å²) in [6.07, 6.45) is 2.37. The van der Waals surface area contributed by atoms with Gasteiger partial charge < -0.3 is 14.8 Å². The minimum Gasteiger partial charge on any atom is -0.499 e. The number of carbonyl (C=O) groups excluding carboxylic acids is 3. The van der Waals surface area contributed by atoms with Crippen LogP contribution in [0.25, 0.3) is 0 Å². The maximum Gasteiger partial charge on any atom is 0.408 e. The number of hydrogen-bond acceptors (Lipinski definition) is 5. The van der Waals surface area contributed by atoms with Gasteiger partial charge in [0.05, 0.1) is 13.2 Å². The first-order valence-corrected chi connectivity index (χ1v) is 9.12. The zero-order valence-electron chi connectivity index (χ0n) is 16.9. The topological polar surface area (TPSA) is 84.9 Å². The minimum absolute atomic E-state index is 0.267. The van der Waals surface area contributed by atoms with Crippen molar-refractivity contribution in [1.29, 1.82) is 0 Å². The van der Waals surface area contributed by atoms with Gasteiger partial charge in [0, 0.05) is 6.08 Å². The lowest BCUT2D eigenvalue weighted by Gasteiger charge is -2.30. The van der Waals surface area contributed by atoms with Crippen LogP contribution in [0.15, 0.2) is 11.8 Å². The Morgan fingerprint density at radius 1 is 1.31 bits per heavy atom. The number of alkyl carbamates (subject to hydrolysis) is 1. The second-order valence-electron chi connectivity index (χ2n) is 7.93. The van der Waals surface area contributed by atoms with Crippen LogP contribution in [0, 0.1) is 5.92 Å². The number of hydrogen-bond donors (Lipinski definition) is 1. The summed E-state index contributed by atoms with van der Waals surface area (Å²) in [7, 11) is 1.49. The van der Waals surface area contributed by atoms with Crippen molar-refractivity contribution < 1.29 is 23.9 Å². The number of rotatable bonds is 7. The van der Waals surface area contributed by atoms with E-state index in [1.54, 1.807) is 20.8 Å². The second-order valence-corrected chi connectivity index (χ2v) is 7.93. The molecule has 1 aliphatic rings. The molecule has 0 radical (unpaired) electrons. The Bertz CT molecular complexity index is 563. The number of nitrogens with one attached hydrogen (secondary N) is 1. The van der Waals surface area contributed by atoms with Gasteiger partial charge in [0.2, 0.25) is 0 Å². The summed E-state index contributed by atoms with van der Waals surface area (Å²) < 4.78 is 10.5. The molecule has 7 nitrogen and oxygen atoms in total. The van der Waals surface area contributed by atoms with Crippen LogP contribution in [0.5, 0.6) is 0 Å². The van der Waals surface area contributed by atoms with Gasteiger partial charge in [-0.3, -0.25) is 14.5 Å². The Morgan fingerprint density at radius 2 is 1.92 bits per heavy atom. The van der Waals surface area contributed by atoms with Gasteiger partial charge in [-0.1, -0.05) is 27.2 Å². The average Bonchev–Trinajstić information content (AvgIpc) is 2.79. The molecule has 0 saturated heterocycles. The molecule has 148 valence electrons. The molecule has 0 bridgehead atoms. The third-order valence-corrected chi connectivity index (χ3v) is 3.88. The highest BCUT2D eigenvalue weighted by molar-refractivity contribution is 6.06. The van der Waals surface area contributed by atoms with Gasteiger partial charge in [-0.05, 0) is 39.5 Å². The van der Waals surface area contributed by atoms with Crippen LogP contribution in [0.2, 0.25) is 0 Å². The summed E-state index contributed by atoms with van der Waals surface area (Å²) in [5.41, 5.74) is -0.668. The highest BCUT2D eigenvalue weighted by atomic mass is 16.6. The van der Waals surface area contributed by atoms with Gasteiger partial charge in [0.25, 0.3) is 11.8 Å². The highest BCUT2D eigenvalue weighted by Crippen LogP contribution is 2.27. The van der Waals surface area contributed by atoms with E-state index in [2.05, 4.69) is 5.32 Å². The molecule has 1 heterocycles. The van der Waals surface area contributed by atoms with E-state index in [1.165, 1.54) is 18.1 Å². The average molecular weight is 368 g/mol. The largest absolute Gasteiger partial charge is 0.499 e. The summed E-state index contributed by atoms with van der Waals surface area (Å²) in [6.45, 7) is 11.2. The molecule has 0 fully saturated rings. The SMILES string of the molecule is CCC[C@H](NC(=O)OC(C)(C)C)C(=O)N1C(=O)C=C(OC)[C@@H]1CC(C)C. The molecule has 0 aliphatic carbocycles. The fourth-order valence-electron chi connectivity index (χ4n) is 2.86. The lowest BCUT2D eigenvalue weighted by atomic mass is 10.0. The molecule has 7 heteroatoms. The fourth-order valence-corrected chi connectivity index (χ4v) is 2.86. The zero-order chi connectivity index (χ0) is 20.1. The molecule has 0 saturated carbocycles. The molecular formula is C19H32N2O5. The number of ether oxygens (including phenoxy) is 2. The molecule has 1 aliphatic heterocycles. The first-order valence-electron chi connectivity index (χ1n) is 9.12. The van der Waals surface area contributed by atoms with Crippen molar-refractivity contribution >= 4 is 17.9 Å². The number of amides is 3. The van der Waals surface area contributed by atoms with Crippen molar-refractivity contribution in [2.45, 2.75) is 78.5 Å². The van der Waals surface area contributed by atoms with Crippen molar-refractivity contribution in [3.63, 3.8) is 0 Å².